The summed E-state index contributed by atoms with van der Waals surface area (Å²) in [5.41, 5.74) is 43.1. The maximum Gasteiger partial charge on any atom is 0.333 e. The Bertz CT molecular complexity index is 5670. The lowest BCUT2D eigenvalue weighted by atomic mass is 9.45. The Hall–Kier alpha value is -10.7. The molecule has 0 amide bonds. The monoisotopic (exact) mass is 1210 g/mol. The third-order valence-electron chi connectivity index (χ3n) is 20.7. The van der Waals surface area contributed by atoms with E-state index in [1.807, 2.05) is 36.4 Å². The molecular formula is C88H72BN5. The molecule has 0 saturated heterocycles. The highest BCUT2D eigenvalue weighted by molar-refractivity contribution is 6.90. The summed E-state index contributed by atoms with van der Waals surface area (Å²) in [5.74, 6) is 1.90. The lowest BCUT2D eigenvalue weighted by Gasteiger charge is -2.36. The van der Waals surface area contributed by atoms with Crippen molar-refractivity contribution < 1.29 is 0 Å². The Morgan fingerprint density at radius 3 is 1.19 bits per heavy atom. The average molecular weight is 1210 g/mol. The number of nitrogens with zero attached hydrogens (tertiary/aromatic N) is 5. The van der Waals surface area contributed by atoms with Crippen LogP contribution in [0.15, 0.2) is 200 Å². The molecule has 0 spiro atoms. The van der Waals surface area contributed by atoms with Gasteiger partial charge in [-0.3, -0.25) is 0 Å². The van der Waals surface area contributed by atoms with Crippen molar-refractivity contribution in [2.75, 3.05) is 0 Å². The van der Waals surface area contributed by atoms with Gasteiger partial charge >= 0.3 is 6.85 Å². The smallest absolute Gasteiger partial charge is 0.333 e. The lowest BCUT2D eigenvalue weighted by molar-refractivity contribution is 1.07. The number of fused-ring (bicyclic) bond motifs is 10. The Labute approximate surface area is 551 Å². The van der Waals surface area contributed by atoms with Gasteiger partial charge in [0.15, 0.2) is 17.5 Å². The van der Waals surface area contributed by atoms with Crippen molar-refractivity contribution in [2.24, 2.45) is 0 Å². The van der Waals surface area contributed by atoms with Crippen LogP contribution in [0.4, 0.5) is 0 Å². The van der Waals surface area contributed by atoms with Gasteiger partial charge in [-0.1, -0.05) is 168 Å². The normalized spacial score (nSPS) is 12.3. The molecule has 0 unspecified atom stereocenters. The van der Waals surface area contributed by atoms with E-state index >= 15 is 0 Å². The molecule has 0 bridgehead atoms. The SMILES string of the molecule is Cc1cc(C)c(-c2ccc3c(c2)c2cc(-c4c(C)cc(C)cc4C)cc4c2n3B2c3c(cc(-c5cccc(-c6nc(-c7ccccc7)nc(-c7ccccc7)n6)c5)c(C)c3-4)-n3c4ccc(-c5c(C)cc(C)cc5C)cc4c4cc(-c5c(C)cc(C)cc5C)cc2c43)c(C)c1. The van der Waals surface area contributed by atoms with Crippen molar-refractivity contribution in [3.05, 3.63) is 273 Å². The van der Waals surface area contributed by atoms with Gasteiger partial charge in [0.1, 0.15) is 0 Å². The van der Waals surface area contributed by atoms with Crippen molar-refractivity contribution in [2.45, 2.75) is 90.0 Å². The van der Waals surface area contributed by atoms with Crippen molar-refractivity contribution in [1.82, 2.24) is 24.0 Å². The molecular weight excluding hydrogens is 1140 g/mol. The maximum absolute atomic E-state index is 5.29. The number of aryl methyl sites for hydroxylation is 12. The molecule has 0 N–H and O–H groups in total. The third kappa shape index (κ3) is 8.72. The van der Waals surface area contributed by atoms with Crippen LogP contribution in [-0.4, -0.2) is 30.8 Å². The molecule has 6 heteroatoms. The third-order valence-corrected chi connectivity index (χ3v) is 20.7. The van der Waals surface area contributed by atoms with E-state index in [4.69, 9.17) is 15.0 Å². The van der Waals surface area contributed by atoms with Crippen molar-refractivity contribution >= 4 is 61.4 Å². The fourth-order valence-corrected chi connectivity index (χ4v) is 17.5. The van der Waals surface area contributed by atoms with E-state index in [0.29, 0.717) is 17.5 Å². The van der Waals surface area contributed by atoms with E-state index in [1.54, 1.807) is 0 Å². The highest BCUT2D eigenvalue weighted by Crippen LogP contribution is 2.51. The fourth-order valence-electron chi connectivity index (χ4n) is 17.5. The first kappa shape index (κ1) is 57.2. The van der Waals surface area contributed by atoms with E-state index in [0.717, 1.165) is 27.8 Å². The molecule has 15 aromatic rings. The first-order valence-electron chi connectivity index (χ1n) is 33.2. The van der Waals surface area contributed by atoms with Gasteiger partial charge in [-0.2, -0.15) is 0 Å². The number of benzene rings is 12. The van der Waals surface area contributed by atoms with E-state index in [1.165, 1.54) is 188 Å². The van der Waals surface area contributed by atoms with Crippen LogP contribution in [0, 0.1) is 90.0 Å². The topological polar surface area (TPSA) is 48.5 Å². The maximum atomic E-state index is 5.29. The minimum atomic E-state index is -0.205. The lowest BCUT2D eigenvalue weighted by Crippen LogP contribution is -2.55. The predicted octanol–water partition coefficient (Wildman–Crippen LogP) is 21.4. The average Bonchev–Trinajstić information content (AvgIpc) is 1.43. The van der Waals surface area contributed by atoms with Crippen molar-refractivity contribution in [3.8, 4) is 107 Å². The zero-order valence-corrected chi connectivity index (χ0v) is 55.9. The molecule has 2 aliphatic rings. The molecule has 17 rings (SSSR count). The summed E-state index contributed by atoms with van der Waals surface area (Å²) in [6.45, 7) is 29.4. The van der Waals surface area contributed by atoms with Crippen LogP contribution in [0.5, 0.6) is 0 Å². The second kappa shape index (κ2) is 21.2. The van der Waals surface area contributed by atoms with Gasteiger partial charge in [-0.25, -0.2) is 15.0 Å². The standard InChI is InChI=1S/C88H72BN5/c1-47-31-51(5)78(52(6)32-47)63-27-29-75-69(40-63)72-43-67(81-57(11)37-50(4)38-58(81)12)45-74-85(72)93(75)77-46-68(62-25-20-26-65(39-62)88-91-86(60-21-16-14-17-22-60)90-87(92-88)61-23-18-15-19-24-61)59(13)82-73-44-66(80-55(9)35-49(3)36-56(80)10)42-71-70-41-64(79-53(7)33-48(2)34-54(79)8)28-30-76(70)94(84(71)73)89(74)83(77)82/h14-46H,1-13H3. The van der Waals surface area contributed by atoms with Crippen molar-refractivity contribution in [3.63, 3.8) is 0 Å². The van der Waals surface area contributed by atoms with Gasteiger partial charge in [-0.05, 0) is 267 Å². The summed E-state index contributed by atoms with van der Waals surface area (Å²) in [4.78, 5) is 15.7. The zero-order chi connectivity index (χ0) is 64.4. The fraction of sp³-hybridized carbons (Fsp3) is 0.148. The Morgan fingerprint density at radius 2 is 0.691 bits per heavy atom. The number of hydrogen-bond donors (Lipinski definition) is 0. The summed E-state index contributed by atoms with van der Waals surface area (Å²) in [6.07, 6.45) is 0. The Balaban J connectivity index is 1.02. The molecule has 12 aromatic carbocycles. The molecule has 5 nitrogen and oxygen atoms in total. The van der Waals surface area contributed by atoms with E-state index in [-0.39, 0.29) is 6.85 Å². The highest BCUT2D eigenvalue weighted by Gasteiger charge is 2.44. The molecule has 0 saturated carbocycles. The second-order valence-electron chi connectivity index (χ2n) is 27.5. The quantitative estimate of drug-likeness (QED) is 0.142. The predicted molar refractivity (Wildman–Crippen MR) is 398 cm³/mol. The van der Waals surface area contributed by atoms with E-state index in [2.05, 4.69) is 263 Å². The number of rotatable bonds is 8. The largest absolute Gasteiger partial charge is 0.375 e. The summed E-state index contributed by atoms with van der Waals surface area (Å²) < 4.78 is 5.44. The molecule has 5 heterocycles. The molecule has 0 atom stereocenters. The molecule has 0 radical (unpaired) electrons. The van der Waals surface area contributed by atoms with Crippen LogP contribution >= 0.6 is 0 Å². The molecule has 0 aliphatic carbocycles. The Kier molecular flexibility index (Phi) is 12.9. The first-order chi connectivity index (χ1) is 45.4. The summed E-state index contributed by atoms with van der Waals surface area (Å²) in [7, 11) is 0. The highest BCUT2D eigenvalue weighted by atomic mass is 15.0. The summed E-state index contributed by atoms with van der Waals surface area (Å²) in [6, 6.07) is 75.8. The first-order valence-corrected chi connectivity index (χ1v) is 33.2. The van der Waals surface area contributed by atoms with Gasteiger partial charge in [0.25, 0.3) is 0 Å². The van der Waals surface area contributed by atoms with Gasteiger partial charge in [0.2, 0.25) is 0 Å². The molecule has 2 aliphatic heterocycles. The van der Waals surface area contributed by atoms with Crippen LogP contribution in [-0.2, 0) is 0 Å². The van der Waals surface area contributed by atoms with Crippen LogP contribution in [0.3, 0.4) is 0 Å². The van der Waals surface area contributed by atoms with Gasteiger partial charge in [0, 0.05) is 60.5 Å². The van der Waals surface area contributed by atoms with Crippen LogP contribution < -0.4 is 10.9 Å². The summed E-state index contributed by atoms with van der Waals surface area (Å²) >= 11 is 0. The van der Waals surface area contributed by atoms with Gasteiger partial charge in [0.05, 0.1) is 11.0 Å². The van der Waals surface area contributed by atoms with Gasteiger partial charge in [-0.15, -0.1) is 0 Å². The molecule has 3 aromatic heterocycles. The van der Waals surface area contributed by atoms with Crippen LogP contribution in [0.2, 0.25) is 0 Å². The minimum absolute atomic E-state index is 0.205. The number of hydrogen-bond acceptors (Lipinski definition) is 3. The second-order valence-corrected chi connectivity index (χ2v) is 27.5. The van der Waals surface area contributed by atoms with E-state index in [9.17, 15) is 0 Å². The van der Waals surface area contributed by atoms with Gasteiger partial charge < -0.3 is 9.05 Å². The number of aromatic nitrogens is 5. The Morgan fingerprint density at radius 1 is 0.287 bits per heavy atom. The van der Waals surface area contributed by atoms with Crippen LogP contribution in [0.25, 0.3) is 150 Å². The van der Waals surface area contributed by atoms with E-state index < -0.39 is 0 Å². The van der Waals surface area contributed by atoms with Crippen molar-refractivity contribution in [1.29, 1.82) is 0 Å². The zero-order valence-electron chi connectivity index (χ0n) is 55.9. The van der Waals surface area contributed by atoms with Crippen LogP contribution in [0.1, 0.15) is 72.3 Å². The molecule has 452 valence electrons. The minimum Gasteiger partial charge on any atom is -0.375 e. The summed E-state index contributed by atoms with van der Waals surface area (Å²) in [5, 5.41) is 5.03. The molecule has 94 heavy (non-hydrogen) atoms. The molecule has 0 fully saturated rings.